The second kappa shape index (κ2) is 11.6. The number of aromatic nitrogens is 2. The summed E-state index contributed by atoms with van der Waals surface area (Å²) in [7, 11) is 0.720. The van der Waals surface area contributed by atoms with Crippen LogP contribution in [0.25, 0.3) is 0 Å². The highest BCUT2D eigenvalue weighted by Crippen LogP contribution is 2.39. The van der Waals surface area contributed by atoms with Crippen molar-refractivity contribution in [3.8, 4) is 0 Å². The molecule has 3 heterocycles. The van der Waals surface area contributed by atoms with E-state index in [2.05, 4.69) is 91.7 Å². The van der Waals surface area contributed by atoms with Gasteiger partial charge in [0.15, 0.2) is 0 Å². The van der Waals surface area contributed by atoms with E-state index in [0.717, 1.165) is 47.2 Å². The average molecular weight is 596 g/mol. The molecule has 0 spiro atoms. The fourth-order valence-corrected chi connectivity index (χ4v) is 7.21. The Labute approximate surface area is 243 Å². The van der Waals surface area contributed by atoms with Crippen LogP contribution in [-0.4, -0.2) is 50.7 Å². The predicted octanol–water partition coefficient (Wildman–Crippen LogP) is 7.56. The first-order chi connectivity index (χ1) is 19.2. The molecule has 0 bridgehead atoms. The number of thiophene rings is 1. The zero-order valence-corrected chi connectivity index (χ0v) is 25.8. The third-order valence-electron chi connectivity index (χ3n) is 7.12. The van der Waals surface area contributed by atoms with E-state index in [0.29, 0.717) is 5.69 Å². The number of anilines is 5. The van der Waals surface area contributed by atoms with Gasteiger partial charge >= 0.3 is 0 Å². The van der Waals surface area contributed by atoms with E-state index in [1.807, 2.05) is 30.4 Å². The summed E-state index contributed by atoms with van der Waals surface area (Å²) in [5.74, 6) is -0.0539. The van der Waals surface area contributed by atoms with Crippen molar-refractivity contribution in [2.75, 3.05) is 47.6 Å². The normalized spacial score (nSPS) is 13.9. The van der Waals surface area contributed by atoms with Crippen molar-refractivity contribution < 1.29 is 8.42 Å². The highest BCUT2D eigenvalue weighted by molar-refractivity contribution is 7.91. The largest absolute Gasteiger partial charge is 0.363 e. The molecule has 0 radical (unpaired) electrons. The molecule has 12 heteroatoms. The highest BCUT2D eigenvalue weighted by atomic mass is 32.2. The second-order valence-electron chi connectivity index (χ2n) is 9.83. The summed E-state index contributed by atoms with van der Waals surface area (Å²) in [6.07, 6.45) is 2.56. The van der Waals surface area contributed by atoms with Crippen LogP contribution < -0.4 is 14.7 Å². The van der Waals surface area contributed by atoms with Crippen LogP contribution in [0.2, 0.25) is 0 Å². The van der Waals surface area contributed by atoms with Crippen LogP contribution >= 0.6 is 22.9 Å². The number of rotatable bonds is 9. The van der Waals surface area contributed by atoms with Gasteiger partial charge in [-0.25, -0.2) is 8.42 Å². The molecule has 5 rings (SSSR count). The topological polar surface area (TPSA) is 94.4 Å². The van der Waals surface area contributed by atoms with Gasteiger partial charge in [0.05, 0.1) is 21.4 Å². The number of hydrogen-bond donors (Lipinski definition) is 0. The fraction of sp³-hybridized carbons (Fsp3) is 0.357. The first-order valence-electron chi connectivity index (χ1n) is 13.2. The Morgan fingerprint density at radius 1 is 0.925 bits per heavy atom. The van der Waals surface area contributed by atoms with E-state index in [1.54, 1.807) is 6.92 Å². The second-order valence-corrected chi connectivity index (χ2v) is 13.8. The van der Waals surface area contributed by atoms with Crippen molar-refractivity contribution in [2.24, 2.45) is 10.2 Å². The fourth-order valence-electron chi connectivity index (χ4n) is 4.65. The molecule has 0 unspecified atom stereocenters. The SMILES string of the molecule is CCS(=O)(=O)c1nsc(N=Nc2ccc(N(C)c3ccc(N(C)c4ccc(N5CCCC5)s4)cc3C)cc2C)n1. The first-order valence-corrected chi connectivity index (χ1v) is 16.4. The molecule has 2 aromatic carbocycles. The standard InChI is InChI=1S/C28H33N7O2S3/c1-6-40(36,37)28-29-27(39-32-28)31-30-23-11-9-21(17-19(23)2)33(4)24-12-10-22(18-20(24)3)34(5)25-13-14-26(38-25)35-15-7-8-16-35/h9-14,17-18H,6-8,15-16H2,1-5H3. The molecule has 0 aliphatic carbocycles. The van der Waals surface area contributed by atoms with E-state index in [4.69, 9.17) is 0 Å². The van der Waals surface area contributed by atoms with Gasteiger partial charge in [0.1, 0.15) is 0 Å². The third-order valence-corrected chi connectivity index (χ3v) is 10.6. The van der Waals surface area contributed by atoms with Gasteiger partial charge in [0, 0.05) is 55.8 Å². The molecule has 9 nitrogen and oxygen atoms in total. The molecular formula is C28H33N7O2S3. The summed E-state index contributed by atoms with van der Waals surface area (Å²) in [6.45, 7) is 7.98. The molecular weight excluding hydrogens is 563 g/mol. The third kappa shape index (κ3) is 5.89. The van der Waals surface area contributed by atoms with E-state index >= 15 is 0 Å². The van der Waals surface area contributed by atoms with Crippen LogP contribution in [0.15, 0.2) is 63.9 Å². The molecule has 0 amide bonds. The molecule has 4 aromatic rings. The highest BCUT2D eigenvalue weighted by Gasteiger charge is 2.19. The van der Waals surface area contributed by atoms with Gasteiger partial charge in [0.2, 0.25) is 15.0 Å². The Hall–Kier alpha value is -3.35. The lowest BCUT2D eigenvalue weighted by Gasteiger charge is -2.25. The van der Waals surface area contributed by atoms with Gasteiger partial charge in [0.25, 0.3) is 5.16 Å². The number of nitrogens with zero attached hydrogens (tertiary/aromatic N) is 7. The van der Waals surface area contributed by atoms with Crippen LogP contribution in [-0.2, 0) is 9.84 Å². The number of benzene rings is 2. The van der Waals surface area contributed by atoms with Crippen molar-refractivity contribution in [2.45, 2.75) is 38.8 Å². The maximum Gasteiger partial charge on any atom is 0.260 e. The van der Waals surface area contributed by atoms with E-state index < -0.39 is 9.84 Å². The van der Waals surface area contributed by atoms with Gasteiger partial charge in [-0.15, -0.1) is 21.6 Å². The van der Waals surface area contributed by atoms with Gasteiger partial charge < -0.3 is 14.7 Å². The van der Waals surface area contributed by atoms with E-state index in [9.17, 15) is 8.42 Å². The van der Waals surface area contributed by atoms with Gasteiger partial charge in [-0.05, 0) is 86.3 Å². The monoisotopic (exact) mass is 595 g/mol. The summed E-state index contributed by atoms with van der Waals surface area (Å²) in [4.78, 5) is 10.9. The summed E-state index contributed by atoms with van der Waals surface area (Å²) in [6, 6.07) is 17.0. The summed E-state index contributed by atoms with van der Waals surface area (Å²) < 4.78 is 27.8. The zero-order chi connectivity index (χ0) is 28.4. The number of sulfone groups is 1. The Balaban J connectivity index is 1.29. The minimum absolute atomic E-state index is 0.0539. The Kier molecular flexibility index (Phi) is 8.20. The number of aryl methyl sites for hydroxylation is 2. The molecule has 0 atom stereocenters. The van der Waals surface area contributed by atoms with Crippen molar-refractivity contribution in [1.29, 1.82) is 0 Å². The Morgan fingerprint density at radius 2 is 1.62 bits per heavy atom. The van der Waals surface area contributed by atoms with Crippen LogP contribution in [0.5, 0.6) is 0 Å². The zero-order valence-electron chi connectivity index (χ0n) is 23.3. The van der Waals surface area contributed by atoms with Crippen molar-refractivity contribution in [3.63, 3.8) is 0 Å². The molecule has 1 aliphatic rings. The lowest BCUT2D eigenvalue weighted by atomic mass is 10.1. The molecule has 1 saturated heterocycles. The summed E-state index contributed by atoms with van der Waals surface area (Å²) in [5, 5.41) is 11.0. The van der Waals surface area contributed by atoms with Gasteiger partial charge in [-0.3, -0.25) is 0 Å². The minimum atomic E-state index is -3.46. The van der Waals surface area contributed by atoms with Crippen molar-refractivity contribution >= 4 is 70.6 Å². The number of hydrogen-bond acceptors (Lipinski definition) is 11. The lowest BCUT2D eigenvalue weighted by Crippen LogP contribution is -2.15. The van der Waals surface area contributed by atoms with Crippen LogP contribution in [0.1, 0.15) is 30.9 Å². The Morgan fingerprint density at radius 3 is 2.33 bits per heavy atom. The van der Waals surface area contributed by atoms with Crippen LogP contribution in [0.4, 0.5) is 37.9 Å². The lowest BCUT2D eigenvalue weighted by molar-refractivity contribution is 0.590. The first kappa shape index (κ1) is 28.2. The van der Waals surface area contributed by atoms with E-state index in [1.165, 1.54) is 28.4 Å². The predicted molar refractivity (Wildman–Crippen MR) is 166 cm³/mol. The number of azo groups is 1. The van der Waals surface area contributed by atoms with Crippen LogP contribution in [0.3, 0.4) is 0 Å². The summed E-state index contributed by atoms with van der Waals surface area (Å²) in [5.41, 5.74) is 6.11. The minimum Gasteiger partial charge on any atom is -0.363 e. The molecule has 40 heavy (non-hydrogen) atoms. The van der Waals surface area contributed by atoms with Crippen LogP contribution in [0, 0.1) is 13.8 Å². The molecule has 210 valence electrons. The van der Waals surface area contributed by atoms with Gasteiger partial charge in [-0.2, -0.15) is 9.36 Å². The van der Waals surface area contributed by atoms with E-state index in [-0.39, 0.29) is 16.0 Å². The molecule has 1 aliphatic heterocycles. The molecule has 1 fully saturated rings. The molecule has 0 saturated carbocycles. The maximum absolute atomic E-state index is 11.9. The Bertz CT molecular complexity index is 1640. The quantitative estimate of drug-likeness (QED) is 0.184. The molecule has 2 aromatic heterocycles. The van der Waals surface area contributed by atoms with Gasteiger partial charge in [-0.1, -0.05) is 6.92 Å². The molecule has 0 N–H and O–H groups in total. The maximum atomic E-state index is 11.9. The van der Waals surface area contributed by atoms with Crippen molar-refractivity contribution in [3.05, 3.63) is 59.7 Å². The average Bonchev–Trinajstić information content (AvgIpc) is 3.73. The van der Waals surface area contributed by atoms with Crippen molar-refractivity contribution in [1.82, 2.24) is 9.36 Å². The smallest absolute Gasteiger partial charge is 0.260 e. The summed E-state index contributed by atoms with van der Waals surface area (Å²) >= 11 is 2.76.